The van der Waals surface area contributed by atoms with Gasteiger partial charge in [-0.25, -0.2) is 0 Å². The summed E-state index contributed by atoms with van der Waals surface area (Å²) in [5.41, 5.74) is 7.15. The van der Waals surface area contributed by atoms with Crippen LogP contribution in [0.3, 0.4) is 0 Å². The molecule has 0 aromatic heterocycles. The predicted octanol–water partition coefficient (Wildman–Crippen LogP) is 2.29. The monoisotopic (exact) mass is 251 g/mol. The molecule has 1 aromatic carbocycles. The standard InChI is InChI=1S/C13H18ClN3/c1-3-17-12(15)16-9-13(17,2)8-10-4-6-11(14)7-5-10/h4-7H,3,8-9H2,1-2H3,(H2,15,16). The van der Waals surface area contributed by atoms with E-state index in [1.807, 2.05) is 12.1 Å². The van der Waals surface area contributed by atoms with Crippen molar-refractivity contribution in [2.45, 2.75) is 25.8 Å². The summed E-state index contributed by atoms with van der Waals surface area (Å²) in [6.07, 6.45) is 0.933. The van der Waals surface area contributed by atoms with Crippen LogP contribution in [0.2, 0.25) is 5.02 Å². The third kappa shape index (κ3) is 2.39. The Balaban J connectivity index is 2.15. The normalized spacial score (nSPS) is 23.9. The zero-order chi connectivity index (χ0) is 12.5. The Bertz CT molecular complexity index is 427. The number of hydrogen-bond donors (Lipinski definition) is 1. The molecule has 0 fully saturated rings. The number of guanidine groups is 1. The van der Waals surface area contributed by atoms with Gasteiger partial charge >= 0.3 is 0 Å². The minimum atomic E-state index is -0.00728. The highest BCUT2D eigenvalue weighted by molar-refractivity contribution is 6.30. The van der Waals surface area contributed by atoms with Crippen LogP contribution in [0.25, 0.3) is 0 Å². The molecule has 1 heterocycles. The van der Waals surface area contributed by atoms with E-state index in [0.29, 0.717) is 5.96 Å². The van der Waals surface area contributed by atoms with Gasteiger partial charge in [0.2, 0.25) is 0 Å². The molecule has 3 nitrogen and oxygen atoms in total. The van der Waals surface area contributed by atoms with E-state index in [4.69, 9.17) is 17.3 Å². The van der Waals surface area contributed by atoms with Crippen molar-refractivity contribution in [1.82, 2.24) is 4.90 Å². The molecule has 2 N–H and O–H groups in total. The molecule has 0 saturated carbocycles. The molecule has 1 unspecified atom stereocenters. The van der Waals surface area contributed by atoms with Gasteiger partial charge < -0.3 is 10.6 Å². The molecule has 1 atom stereocenters. The summed E-state index contributed by atoms with van der Waals surface area (Å²) in [7, 11) is 0. The van der Waals surface area contributed by atoms with Crippen LogP contribution in [-0.2, 0) is 6.42 Å². The highest BCUT2D eigenvalue weighted by Gasteiger charge is 2.36. The van der Waals surface area contributed by atoms with Gasteiger partial charge in [0.15, 0.2) is 5.96 Å². The third-order valence-electron chi connectivity index (χ3n) is 3.32. The quantitative estimate of drug-likeness (QED) is 0.896. The Morgan fingerprint density at radius 1 is 1.41 bits per heavy atom. The van der Waals surface area contributed by atoms with Gasteiger partial charge in [-0.15, -0.1) is 0 Å². The Morgan fingerprint density at radius 2 is 2.06 bits per heavy atom. The molecule has 1 aromatic rings. The molecule has 92 valence electrons. The number of rotatable bonds is 3. The second kappa shape index (κ2) is 4.57. The fourth-order valence-corrected chi connectivity index (χ4v) is 2.56. The van der Waals surface area contributed by atoms with Crippen LogP contribution in [-0.4, -0.2) is 29.5 Å². The lowest BCUT2D eigenvalue weighted by molar-refractivity contribution is 0.230. The minimum absolute atomic E-state index is 0.00728. The summed E-state index contributed by atoms with van der Waals surface area (Å²) in [6.45, 7) is 5.96. The first-order valence-electron chi connectivity index (χ1n) is 5.87. The Labute approximate surface area is 107 Å². The maximum Gasteiger partial charge on any atom is 0.191 e. The van der Waals surface area contributed by atoms with Crippen LogP contribution >= 0.6 is 11.6 Å². The van der Waals surface area contributed by atoms with Crippen LogP contribution in [0.5, 0.6) is 0 Å². The molecule has 0 radical (unpaired) electrons. The molecule has 0 aliphatic carbocycles. The van der Waals surface area contributed by atoms with Crippen molar-refractivity contribution in [3.63, 3.8) is 0 Å². The second-order valence-electron chi connectivity index (χ2n) is 4.72. The van der Waals surface area contributed by atoms with Crippen molar-refractivity contribution in [3.05, 3.63) is 34.9 Å². The fraction of sp³-hybridized carbons (Fsp3) is 0.462. The lowest BCUT2D eigenvalue weighted by Crippen LogP contribution is -2.50. The lowest BCUT2D eigenvalue weighted by atomic mass is 9.92. The topological polar surface area (TPSA) is 41.6 Å². The Morgan fingerprint density at radius 3 is 2.65 bits per heavy atom. The van der Waals surface area contributed by atoms with E-state index < -0.39 is 0 Å². The van der Waals surface area contributed by atoms with Crippen molar-refractivity contribution in [2.75, 3.05) is 13.1 Å². The Kier molecular flexibility index (Phi) is 3.29. The highest BCUT2D eigenvalue weighted by atomic mass is 35.5. The van der Waals surface area contributed by atoms with E-state index in [0.717, 1.165) is 24.5 Å². The molecule has 0 saturated heterocycles. The predicted molar refractivity (Wildman–Crippen MR) is 72.4 cm³/mol. The largest absolute Gasteiger partial charge is 0.370 e. The summed E-state index contributed by atoms with van der Waals surface area (Å²) in [4.78, 5) is 6.52. The maximum absolute atomic E-state index is 5.90. The molecule has 0 amide bonds. The van der Waals surface area contributed by atoms with Crippen molar-refractivity contribution < 1.29 is 0 Å². The van der Waals surface area contributed by atoms with E-state index in [-0.39, 0.29) is 5.54 Å². The number of nitrogens with zero attached hydrogens (tertiary/aromatic N) is 2. The molecule has 4 heteroatoms. The summed E-state index contributed by atoms with van der Waals surface area (Å²) in [5, 5.41) is 0.772. The van der Waals surface area contributed by atoms with Crippen molar-refractivity contribution in [3.8, 4) is 0 Å². The molecule has 2 rings (SSSR count). The van der Waals surface area contributed by atoms with E-state index in [1.165, 1.54) is 5.56 Å². The number of benzene rings is 1. The molecule has 1 aliphatic heterocycles. The van der Waals surface area contributed by atoms with E-state index >= 15 is 0 Å². The smallest absolute Gasteiger partial charge is 0.191 e. The number of hydrogen-bond acceptors (Lipinski definition) is 3. The molecular weight excluding hydrogens is 234 g/mol. The minimum Gasteiger partial charge on any atom is -0.370 e. The van der Waals surface area contributed by atoms with Crippen molar-refractivity contribution in [2.24, 2.45) is 10.7 Å². The summed E-state index contributed by atoms with van der Waals surface area (Å²) in [6, 6.07) is 7.98. The third-order valence-corrected chi connectivity index (χ3v) is 3.58. The van der Waals surface area contributed by atoms with Crippen LogP contribution in [0.1, 0.15) is 19.4 Å². The van der Waals surface area contributed by atoms with E-state index in [9.17, 15) is 0 Å². The van der Waals surface area contributed by atoms with Crippen molar-refractivity contribution in [1.29, 1.82) is 0 Å². The number of halogens is 1. The second-order valence-corrected chi connectivity index (χ2v) is 5.16. The van der Waals surface area contributed by atoms with Gasteiger partial charge in [0.1, 0.15) is 0 Å². The van der Waals surface area contributed by atoms with Gasteiger partial charge in [0.25, 0.3) is 0 Å². The number of nitrogens with two attached hydrogens (primary N) is 1. The molecule has 0 spiro atoms. The van der Waals surface area contributed by atoms with Gasteiger partial charge in [0, 0.05) is 11.6 Å². The van der Waals surface area contributed by atoms with Crippen LogP contribution in [0, 0.1) is 0 Å². The zero-order valence-corrected chi connectivity index (χ0v) is 11.0. The number of aliphatic imine (C=N–C) groups is 1. The highest BCUT2D eigenvalue weighted by Crippen LogP contribution is 2.26. The van der Waals surface area contributed by atoms with Gasteiger partial charge in [-0.1, -0.05) is 23.7 Å². The van der Waals surface area contributed by atoms with Gasteiger partial charge in [-0.2, -0.15) is 0 Å². The Hall–Kier alpha value is -1.22. The van der Waals surface area contributed by atoms with Crippen LogP contribution < -0.4 is 5.73 Å². The lowest BCUT2D eigenvalue weighted by Gasteiger charge is -2.35. The average molecular weight is 252 g/mol. The van der Waals surface area contributed by atoms with Gasteiger partial charge in [0.05, 0.1) is 12.1 Å². The van der Waals surface area contributed by atoms with E-state index in [1.54, 1.807) is 0 Å². The number of likely N-dealkylation sites (N-methyl/N-ethyl adjacent to an activating group) is 1. The first kappa shape index (κ1) is 12.2. The molecular formula is C13H18ClN3. The molecule has 17 heavy (non-hydrogen) atoms. The zero-order valence-electron chi connectivity index (χ0n) is 10.3. The van der Waals surface area contributed by atoms with Gasteiger partial charge in [-0.05, 0) is 38.0 Å². The SMILES string of the molecule is CCN1C(N)=NCC1(C)Cc1ccc(Cl)cc1. The summed E-state index contributed by atoms with van der Waals surface area (Å²) in [5.74, 6) is 0.656. The molecule has 0 bridgehead atoms. The van der Waals surface area contributed by atoms with Crippen LogP contribution in [0.15, 0.2) is 29.3 Å². The van der Waals surface area contributed by atoms with Crippen molar-refractivity contribution >= 4 is 17.6 Å². The fourth-order valence-electron chi connectivity index (χ4n) is 2.44. The van der Waals surface area contributed by atoms with E-state index in [2.05, 4.69) is 35.9 Å². The molecule has 1 aliphatic rings. The summed E-state index contributed by atoms with van der Waals surface area (Å²) >= 11 is 5.89. The first-order valence-corrected chi connectivity index (χ1v) is 6.25. The van der Waals surface area contributed by atoms with Crippen LogP contribution in [0.4, 0.5) is 0 Å². The van der Waals surface area contributed by atoms with Gasteiger partial charge in [-0.3, -0.25) is 4.99 Å². The average Bonchev–Trinajstić information content (AvgIpc) is 2.58. The maximum atomic E-state index is 5.90. The summed E-state index contributed by atoms with van der Waals surface area (Å²) < 4.78 is 0. The first-order chi connectivity index (χ1) is 8.05.